The van der Waals surface area contributed by atoms with Gasteiger partial charge in [0, 0.05) is 26.2 Å². The zero-order valence-corrected chi connectivity index (χ0v) is 12.0. The molecule has 1 aliphatic rings. The molecule has 0 bridgehead atoms. The summed E-state index contributed by atoms with van der Waals surface area (Å²) in [6, 6.07) is 0. The summed E-state index contributed by atoms with van der Waals surface area (Å²) in [5.74, 6) is -2.63. The molecule has 0 fully saturated rings. The van der Waals surface area contributed by atoms with Crippen LogP contribution in [0.4, 0.5) is 0 Å². The maximum atomic E-state index is 12.1. The van der Waals surface area contributed by atoms with E-state index in [1.807, 2.05) is 0 Å². The van der Waals surface area contributed by atoms with Crippen LogP contribution < -0.4 is 0 Å². The van der Waals surface area contributed by atoms with Gasteiger partial charge in [-0.05, 0) is 0 Å². The lowest BCUT2D eigenvalue weighted by Gasteiger charge is -2.27. The summed E-state index contributed by atoms with van der Waals surface area (Å²) in [4.78, 5) is 44.8. The van der Waals surface area contributed by atoms with Gasteiger partial charge in [-0.25, -0.2) is 0 Å². The van der Waals surface area contributed by atoms with Gasteiger partial charge in [-0.1, -0.05) is 0 Å². The second-order valence-electron chi connectivity index (χ2n) is 3.95. The second-order valence-corrected chi connectivity index (χ2v) is 5.06. The van der Waals surface area contributed by atoms with Crippen molar-refractivity contribution in [2.75, 3.05) is 6.61 Å². The number of carbonyl (C=O) groups excluding carboxylic acids is 4. The predicted octanol–water partition coefficient (Wildman–Crippen LogP) is 0.570. The van der Waals surface area contributed by atoms with Crippen molar-refractivity contribution in [3.8, 4) is 0 Å². The van der Waals surface area contributed by atoms with E-state index in [-0.39, 0.29) is 12.4 Å². The molecule has 0 aromatic heterocycles. The Bertz CT molecular complexity index is 468. The molecule has 0 aromatic carbocycles. The summed E-state index contributed by atoms with van der Waals surface area (Å²) in [5.41, 5.74) is 0. The monoisotopic (exact) mass is 302 g/mol. The van der Waals surface area contributed by atoms with E-state index in [9.17, 15) is 19.2 Å². The zero-order chi connectivity index (χ0) is 15.3. The first-order valence-corrected chi connectivity index (χ1v) is 6.64. The van der Waals surface area contributed by atoms with E-state index in [0.29, 0.717) is 0 Å². The average molecular weight is 302 g/mol. The second kappa shape index (κ2) is 7.09. The molecular weight excluding hydrogens is 288 g/mol. The number of rotatable bonds is 4. The third-order valence-electron chi connectivity index (χ3n) is 2.19. The highest BCUT2D eigenvalue weighted by Crippen LogP contribution is 2.29. The molecule has 1 aliphatic heterocycles. The highest BCUT2D eigenvalue weighted by Gasteiger charge is 2.39. The number of esters is 3. The van der Waals surface area contributed by atoms with Crippen molar-refractivity contribution < 1.29 is 33.4 Å². The number of carbonyl (C=O) groups is 4. The van der Waals surface area contributed by atoms with Crippen LogP contribution in [0, 0.1) is 0 Å². The molecule has 0 aliphatic carbocycles. The predicted molar refractivity (Wildman–Crippen MR) is 68.4 cm³/mol. The molecule has 0 N–H and O–H groups in total. The van der Waals surface area contributed by atoms with Crippen LogP contribution in [0.5, 0.6) is 0 Å². The highest BCUT2D eigenvalue weighted by atomic mass is 32.2. The lowest BCUT2D eigenvalue weighted by molar-refractivity contribution is -0.155. The number of Topliss-reactive ketones (excluding diaryl/α,β-unsaturated/α-hetero) is 1. The van der Waals surface area contributed by atoms with Gasteiger partial charge in [-0.3, -0.25) is 19.2 Å². The van der Waals surface area contributed by atoms with Crippen LogP contribution in [-0.4, -0.2) is 41.7 Å². The smallest absolute Gasteiger partial charge is 0.308 e. The third-order valence-corrected chi connectivity index (χ3v) is 3.27. The maximum Gasteiger partial charge on any atom is 0.308 e. The minimum absolute atomic E-state index is 0.0897. The van der Waals surface area contributed by atoms with E-state index >= 15 is 0 Å². The Kier molecular flexibility index (Phi) is 5.75. The Morgan fingerprint density at radius 2 is 1.80 bits per heavy atom. The van der Waals surface area contributed by atoms with Gasteiger partial charge in [0.1, 0.15) is 6.61 Å². The van der Waals surface area contributed by atoms with E-state index in [2.05, 4.69) is 0 Å². The molecule has 1 rings (SSSR count). The number of hydrogen-bond acceptors (Lipinski definition) is 8. The standard InChI is InChI=1S/C12H14O7S/c1-6(13)17-4-10-12(19-8(3)15)11(16)9(5-20-10)18-7(2)14/h5,10,12H,4H2,1-3H3/t10-,12+/m0/s1. The van der Waals surface area contributed by atoms with Gasteiger partial charge in [0.25, 0.3) is 0 Å². The fraction of sp³-hybridized carbons (Fsp3) is 0.500. The Morgan fingerprint density at radius 1 is 1.15 bits per heavy atom. The van der Waals surface area contributed by atoms with E-state index in [1.54, 1.807) is 0 Å². The molecular formula is C12H14O7S. The van der Waals surface area contributed by atoms with Crippen LogP contribution in [0.2, 0.25) is 0 Å². The van der Waals surface area contributed by atoms with Gasteiger partial charge in [0.15, 0.2) is 11.9 Å². The number of ketones is 1. The molecule has 0 amide bonds. The lowest BCUT2D eigenvalue weighted by Crippen LogP contribution is -2.42. The van der Waals surface area contributed by atoms with Gasteiger partial charge in [-0.2, -0.15) is 0 Å². The zero-order valence-electron chi connectivity index (χ0n) is 11.2. The molecule has 0 saturated carbocycles. The molecule has 0 radical (unpaired) electrons. The van der Waals surface area contributed by atoms with Crippen molar-refractivity contribution >= 4 is 35.5 Å². The summed E-state index contributed by atoms with van der Waals surface area (Å²) in [6.07, 6.45) is -1.16. The Balaban J connectivity index is 2.86. The van der Waals surface area contributed by atoms with E-state index in [1.165, 1.54) is 12.3 Å². The first kappa shape index (κ1) is 16.2. The van der Waals surface area contributed by atoms with Crippen molar-refractivity contribution in [1.82, 2.24) is 0 Å². The summed E-state index contributed by atoms with van der Waals surface area (Å²) >= 11 is 1.09. The Labute approximate surface area is 119 Å². The number of thioether (sulfide) groups is 1. The first-order chi connectivity index (χ1) is 9.31. The van der Waals surface area contributed by atoms with Gasteiger partial charge in [-0.15, -0.1) is 11.8 Å². The quantitative estimate of drug-likeness (QED) is 0.549. The maximum absolute atomic E-state index is 12.1. The fourth-order valence-corrected chi connectivity index (χ4v) is 2.38. The summed E-state index contributed by atoms with van der Waals surface area (Å²) in [7, 11) is 0. The molecule has 7 nitrogen and oxygen atoms in total. The molecule has 0 spiro atoms. The molecule has 20 heavy (non-hydrogen) atoms. The molecule has 110 valence electrons. The van der Waals surface area contributed by atoms with Crippen molar-refractivity contribution in [1.29, 1.82) is 0 Å². The summed E-state index contributed by atoms with van der Waals surface area (Å²) < 4.78 is 14.5. The summed E-state index contributed by atoms with van der Waals surface area (Å²) in [6.45, 7) is 3.46. The fourth-order valence-electron chi connectivity index (χ4n) is 1.45. The van der Waals surface area contributed by atoms with Crippen molar-refractivity contribution in [2.24, 2.45) is 0 Å². The summed E-state index contributed by atoms with van der Waals surface area (Å²) in [5, 5.41) is 0.771. The highest BCUT2D eigenvalue weighted by molar-refractivity contribution is 8.03. The number of ether oxygens (including phenoxy) is 3. The van der Waals surface area contributed by atoms with Gasteiger partial charge < -0.3 is 14.2 Å². The molecule has 0 saturated heterocycles. The molecule has 2 atom stereocenters. The average Bonchev–Trinajstić information content (AvgIpc) is 2.32. The minimum Gasteiger partial charge on any atom is -0.465 e. The van der Waals surface area contributed by atoms with E-state index in [4.69, 9.17) is 14.2 Å². The SMILES string of the molecule is CC(=O)OC[C@@H]1SC=C(OC(C)=O)C(=O)[C@@H]1OC(C)=O. The van der Waals surface area contributed by atoms with Crippen molar-refractivity contribution in [3.05, 3.63) is 11.2 Å². The topological polar surface area (TPSA) is 96.0 Å². The van der Waals surface area contributed by atoms with Crippen molar-refractivity contribution in [2.45, 2.75) is 32.1 Å². The van der Waals surface area contributed by atoms with Crippen LogP contribution in [0.15, 0.2) is 11.2 Å². The van der Waals surface area contributed by atoms with Crippen LogP contribution in [-0.2, 0) is 33.4 Å². The molecule has 1 heterocycles. The molecule has 8 heteroatoms. The first-order valence-electron chi connectivity index (χ1n) is 5.70. The Hall–Kier alpha value is -1.83. The third kappa shape index (κ3) is 4.69. The van der Waals surface area contributed by atoms with E-state index < -0.39 is 35.0 Å². The van der Waals surface area contributed by atoms with Crippen molar-refractivity contribution in [3.63, 3.8) is 0 Å². The Morgan fingerprint density at radius 3 is 2.30 bits per heavy atom. The van der Waals surface area contributed by atoms with E-state index in [0.717, 1.165) is 25.6 Å². The van der Waals surface area contributed by atoms with Crippen LogP contribution >= 0.6 is 11.8 Å². The normalized spacial score (nSPS) is 21.8. The minimum atomic E-state index is -1.16. The van der Waals surface area contributed by atoms with Crippen LogP contribution in [0.25, 0.3) is 0 Å². The number of hydrogen-bond donors (Lipinski definition) is 0. The lowest BCUT2D eigenvalue weighted by atomic mass is 10.1. The van der Waals surface area contributed by atoms with Gasteiger partial charge in [0.2, 0.25) is 5.78 Å². The van der Waals surface area contributed by atoms with Gasteiger partial charge in [0.05, 0.1) is 5.25 Å². The van der Waals surface area contributed by atoms with Gasteiger partial charge >= 0.3 is 17.9 Å². The van der Waals surface area contributed by atoms with Crippen LogP contribution in [0.3, 0.4) is 0 Å². The van der Waals surface area contributed by atoms with Crippen LogP contribution in [0.1, 0.15) is 20.8 Å². The molecule has 0 aromatic rings. The largest absolute Gasteiger partial charge is 0.465 e. The molecule has 0 unspecified atom stereocenters.